The molecule has 0 saturated heterocycles. The van der Waals surface area contributed by atoms with Crippen molar-refractivity contribution in [3.63, 3.8) is 0 Å². The van der Waals surface area contributed by atoms with Crippen molar-refractivity contribution in [2.45, 2.75) is 302 Å². The molecule has 0 spiro atoms. The Kier molecular flexibility index (Phi) is 51.5. The third kappa shape index (κ3) is 48.0. The summed E-state index contributed by atoms with van der Waals surface area (Å²) in [7, 11) is 0. The molecule has 0 rings (SSSR count). The molecular weight excluding hydrogens is 815 g/mol. The van der Waals surface area contributed by atoms with Gasteiger partial charge in [-0.1, -0.05) is 242 Å². The maximum Gasteiger partial charge on any atom is 0.306 e. The number of ether oxygens (including phenoxy) is 1. The smallest absolute Gasteiger partial charge is 0.306 e. The fourth-order valence-electron chi connectivity index (χ4n) is 8.53. The minimum Gasteiger partial charge on any atom is -0.462 e. The molecule has 0 fully saturated rings. The number of amides is 1. The van der Waals surface area contributed by atoms with Gasteiger partial charge < -0.3 is 20.3 Å². The third-order valence-electron chi connectivity index (χ3n) is 12.8. The van der Waals surface area contributed by atoms with Crippen LogP contribution in [0.15, 0.2) is 60.8 Å². The second-order valence-corrected chi connectivity index (χ2v) is 19.3. The van der Waals surface area contributed by atoms with Crippen molar-refractivity contribution in [1.82, 2.24) is 5.32 Å². The van der Waals surface area contributed by atoms with Crippen LogP contribution in [0.3, 0.4) is 0 Å². The number of hydrogen-bond acceptors (Lipinski definition) is 5. The molecule has 6 heteroatoms. The van der Waals surface area contributed by atoms with E-state index in [1.54, 1.807) is 0 Å². The Labute approximate surface area is 409 Å². The van der Waals surface area contributed by atoms with Crippen LogP contribution in [0.25, 0.3) is 0 Å². The van der Waals surface area contributed by atoms with Gasteiger partial charge >= 0.3 is 5.97 Å². The molecule has 3 atom stereocenters. The quantitative estimate of drug-likeness (QED) is 0.0321. The van der Waals surface area contributed by atoms with Crippen LogP contribution >= 0.6 is 0 Å². The first-order valence-electron chi connectivity index (χ1n) is 28.5. The SMILES string of the molecule is CC/C=C/C/C=C/C/C=C/C/C=C/CCCCCC(=O)OC(CCCCCCCCC/C=C/CCCCCCCC)CC(=O)NC(CO)C(O)CCCCCCCCCCCCCCCC. The second-order valence-electron chi connectivity index (χ2n) is 19.3. The van der Waals surface area contributed by atoms with E-state index in [9.17, 15) is 19.8 Å². The lowest BCUT2D eigenvalue weighted by molar-refractivity contribution is -0.151. The fraction of sp³-hybridized carbons (Fsp3) is 0.800. The van der Waals surface area contributed by atoms with Crippen LogP contribution < -0.4 is 5.32 Å². The van der Waals surface area contributed by atoms with Crippen LogP contribution in [0, 0.1) is 0 Å². The van der Waals surface area contributed by atoms with Crippen LogP contribution in [0.2, 0.25) is 0 Å². The maximum atomic E-state index is 13.3. The molecule has 0 aliphatic carbocycles. The first kappa shape index (κ1) is 63.6. The van der Waals surface area contributed by atoms with Gasteiger partial charge in [0.2, 0.25) is 5.91 Å². The lowest BCUT2D eigenvalue weighted by atomic mass is 10.0. The number of allylic oxidation sites excluding steroid dienone is 10. The van der Waals surface area contributed by atoms with Crippen molar-refractivity contribution in [2.75, 3.05) is 6.61 Å². The fourth-order valence-corrected chi connectivity index (χ4v) is 8.53. The minimum atomic E-state index is -0.796. The molecule has 0 aliphatic heterocycles. The number of hydrogen-bond donors (Lipinski definition) is 3. The predicted octanol–water partition coefficient (Wildman–Crippen LogP) is 17.6. The molecule has 3 N–H and O–H groups in total. The van der Waals surface area contributed by atoms with E-state index in [-0.39, 0.29) is 24.9 Å². The van der Waals surface area contributed by atoms with Gasteiger partial charge in [0, 0.05) is 6.42 Å². The standard InChI is InChI=1S/C60H109NO5/c1-4-7-10-13-16-19-22-25-28-30-31-33-36-39-42-45-48-51-56(66-60(65)53-50-47-44-41-38-35-32-29-26-23-20-17-14-11-8-5-2)54-59(64)61-57(55-62)58(63)52-49-46-43-40-37-34-27-24-21-18-15-12-9-6-3/h8,11,17,20,25-26,28-29,35,38,56-58,62-63H,4-7,9-10,12-16,18-19,21-24,27,30-34,36-37,39-55H2,1-3H3,(H,61,64)/b11-8+,20-17+,28-25+,29-26+,38-35+. The highest BCUT2D eigenvalue weighted by Crippen LogP contribution is 2.18. The molecule has 0 aromatic heterocycles. The number of esters is 1. The topological polar surface area (TPSA) is 95.9 Å². The molecule has 0 aliphatic rings. The summed E-state index contributed by atoms with van der Waals surface area (Å²) in [6.45, 7) is 6.38. The highest BCUT2D eigenvalue weighted by atomic mass is 16.5. The number of carbonyl (C=O) groups is 2. The normalized spacial score (nSPS) is 13.6. The molecule has 0 bridgehead atoms. The summed E-state index contributed by atoms with van der Waals surface area (Å²) in [6, 6.07) is -0.711. The Balaban J connectivity index is 4.62. The summed E-state index contributed by atoms with van der Waals surface area (Å²) in [5.41, 5.74) is 0. The highest BCUT2D eigenvalue weighted by molar-refractivity contribution is 5.77. The summed E-state index contributed by atoms with van der Waals surface area (Å²) in [5, 5.41) is 23.9. The molecule has 6 nitrogen and oxygen atoms in total. The summed E-state index contributed by atoms with van der Waals surface area (Å²) in [4.78, 5) is 26.3. The molecule has 66 heavy (non-hydrogen) atoms. The molecule has 3 unspecified atom stereocenters. The van der Waals surface area contributed by atoms with Gasteiger partial charge in [0.05, 0.1) is 25.2 Å². The maximum absolute atomic E-state index is 13.3. The molecular formula is C60H109NO5. The monoisotopic (exact) mass is 924 g/mol. The molecule has 0 saturated carbocycles. The van der Waals surface area contributed by atoms with Gasteiger partial charge in [-0.15, -0.1) is 0 Å². The average molecular weight is 925 g/mol. The van der Waals surface area contributed by atoms with Gasteiger partial charge in [-0.05, 0) is 89.9 Å². The van der Waals surface area contributed by atoms with E-state index in [1.165, 1.54) is 148 Å². The van der Waals surface area contributed by atoms with Gasteiger partial charge in [0.15, 0.2) is 0 Å². The van der Waals surface area contributed by atoms with Gasteiger partial charge in [-0.3, -0.25) is 9.59 Å². The number of aliphatic hydroxyl groups is 2. The van der Waals surface area contributed by atoms with E-state index in [1.807, 2.05) is 0 Å². The first-order chi connectivity index (χ1) is 32.5. The van der Waals surface area contributed by atoms with E-state index in [0.717, 1.165) is 89.9 Å². The molecule has 0 heterocycles. The number of aliphatic hydroxyl groups excluding tert-OH is 2. The molecule has 0 aromatic carbocycles. The van der Waals surface area contributed by atoms with Crippen molar-refractivity contribution in [1.29, 1.82) is 0 Å². The largest absolute Gasteiger partial charge is 0.462 e. The summed E-state index contributed by atoms with van der Waals surface area (Å²) in [6.07, 6.45) is 67.1. The number of carbonyl (C=O) groups excluding carboxylic acids is 2. The van der Waals surface area contributed by atoms with Gasteiger partial charge in [-0.2, -0.15) is 0 Å². The van der Waals surface area contributed by atoms with Crippen molar-refractivity contribution in [3.05, 3.63) is 60.8 Å². The highest BCUT2D eigenvalue weighted by Gasteiger charge is 2.24. The van der Waals surface area contributed by atoms with Crippen molar-refractivity contribution in [2.24, 2.45) is 0 Å². The zero-order chi connectivity index (χ0) is 48.1. The van der Waals surface area contributed by atoms with Gasteiger partial charge in [-0.25, -0.2) is 0 Å². The van der Waals surface area contributed by atoms with Gasteiger partial charge in [0.1, 0.15) is 6.10 Å². The Morgan fingerprint density at radius 1 is 0.455 bits per heavy atom. The lowest BCUT2D eigenvalue weighted by Gasteiger charge is -2.24. The first-order valence-corrected chi connectivity index (χ1v) is 28.5. The van der Waals surface area contributed by atoms with E-state index in [2.05, 4.69) is 86.8 Å². The zero-order valence-corrected chi connectivity index (χ0v) is 43.8. The minimum absolute atomic E-state index is 0.0615. The zero-order valence-electron chi connectivity index (χ0n) is 43.8. The van der Waals surface area contributed by atoms with Crippen molar-refractivity contribution >= 4 is 11.9 Å². The average Bonchev–Trinajstić information content (AvgIpc) is 3.31. The molecule has 1 amide bonds. The van der Waals surface area contributed by atoms with E-state index in [0.29, 0.717) is 19.3 Å². The van der Waals surface area contributed by atoms with Crippen LogP contribution in [0.4, 0.5) is 0 Å². The summed E-state index contributed by atoms with van der Waals surface area (Å²) >= 11 is 0. The molecule has 0 aromatic rings. The predicted molar refractivity (Wildman–Crippen MR) is 287 cm³/mol. The van der Waals surface area contributed by atoms with E-state index < -0.39 is 18.2 Å². The Bertz CT molecular complexity index is 1170. The lowest BCUT2D eigenvalue weighted by Crippen LogP contribution is -2.46. The molecule has 384 valence electrons. The van der Waals surface area contributed by atoms with Crippen LogP contribution in [0.5, 0.6) is 0 Å². The van der Waals surface area contributed by atoms with Crippen molar-refractivity contribution < 1.29 is 24.5 Å². The number of rotatable bonds is 51. The van der Waals surface area contributed by atoms with Gasteiger partial charge in [0.25, 0.3) is 0 Å². The third-order valence-corrected chi connectivity index (χ3v) is 12.8. The Morgan fingerprint density at radius 2 is 0.818 bits per heavy atom. The van der Waals surface area contributed by atoms with Crippen LogP contribution in [-0.4, -0.2) is 46.9 Å². The van der Waals surface area contributed by atoms with Crippen LogP contribution in [0.1, 0.15) is 284 Å². The summed E-state index contributed by atoms with van der Waals surface area (Å²) in [5.74, 6) is -0.507. The van der Waals surface area contributed by atoms with Crippen LogP contribution in [-0.2, 0) is 14.3 Å². The Morgan fingerprint density at radius 3 is 1.26 bits per heavy atom. The Hall–Kier alpha value is -2.44. The number of nitrogens with one attached hydrogen (secondary N) is 1. The second kappa shape index (κ2) is 53.5. The molecule has 0 radical (unpaired) electrons. The van der Waals surface area contributed by atoms with E-state index in [4.69, 9.17) is 4.74 Å². The summed E-state index contributed by atoms with van der Waals surface area (Å²) < 4.78 is 5.95. The van der Waals surface area contributed by atoms with Crippen molar-refractivity contribution in [3.8, 4) is 0 Å². The number of unbranched alkanes of at least 4 members (excludes halogenated alkanes) is 29. The van der Waals surface area contributed by atoms with E-state index >= 15 is 0 Å².